The molecule has 2 rings (SSSR count). The first-order valence-corrected chi connectivity index (χ1v) is 5.38. The van der Waals surface area contributed by atoms with Gasteiger partial charge < -0.3 is 10.1 Å². The molecule has 0 spiro atoms. The summed E-state index contributed by atoms with van der Waals surface area (Å²) >= 11 is 0. The van der Waals surface area contributed by atoms with Gasteiger partial charge in [0, 0.05) is 0 Å². The first kappa shape index (κ1) is 13.3. The average molecular weight is 272 g/mol. The Morgan fingerprint density at radius 1 is 1.37 bits per heavy atom. The number of aromatic nitrogens is 3. The minimum atomic E-state index is -4.71. The Morgan fingerprint density at radius 3 is 2.74 bits per heavy atom. The Bertz CT molecular complexity index is 527. The van der Waals surface area contributed by atoms with Gasteiger partial charge in [-0.2, -0.15) is 5.10 Å². The van der Waals surface area contributed by atoms with Gasteiger partial charge in [-0.15, -0.1) is 13.2 Å². The van der Waals surface area contributed by atoms with Crippen LogP contribution in [0.2, 0.25) is 0 Å². The van der Waals surface area contributed by atoms with Crippen LogP contribution in [0.4, 0.5) is 13.2 Å². The van der Waals surface area contributed by atoms with E-state index >= 15 is 0 Å². The van der Waals surface area contributed by atoms with Crippen LogP contribution in [-0.2, 0) is 0 Å². The lowest BCUT2D eigenvalue weighted by Crippen LogP contribution is -2.20. The molecule has 0 radical (unpaired) electrons. The number of nitrogens with one attached hydrogen (secondary N) is 2. The highest BCUT2D eigenvalue weighted by Crippen LogP contribution is 2.26. The van der Waals surface area contributed by atoms with E-state index in [1.807, 2.05) is 0 Å². The number of aromatic amines is 1. The maximum atomic E-state index is 12.2. The van der Waals surface area contributed by atoms with Crippen molar-refractivity contribution < 1.29 is 17.9 Å². The molecule has 0 saturated heterocycles. The zero-order valence-corrected chi connectivity index (χ0v) is 9.90. The number of hydrogen-bond acceptors (Lipinski definition) is 4. The van der Waals surface area contributed by atoms with E-state index in [1.165, 1.54) is 24.5 Å². The molecule has 0 amide bonds. The smallest absolute Gasteiger partial charge is 0.406 e. The zero-order valence-electron chi connectivity index (χ0n) is 9.90. The van der Waals surface area contributed by atoms with E-state index in [-0.39, 0.29) is 11.8 Å². The predicted octanol–water partition coefficient (Wildman–Crippen LogP) is 2.01. The van der Waals surface area contributed by atoms with Gasteiger partial charge in [-0.25, -0.2) is 4.98 Å². The van der Waals surface area contributed by atoms with Crippen molar-refractivity contribution in [2.24, 2.45) is 0 Å². The molecule has 1 aromatic carbocycles. The third kappa shape index (κ3) is 3.44. The molecule has 1 unspecified atom stereocenters. The summed E-state index contributed by atoms with van der Waals surface area (Å²) in [6.07, 6.45) is -3.38. The minimum absolute atomic E-state index is 0.273. The lowest BCUT2D eigenvalue weighted by Gasteiger charge is -2.15. The van der Waals surface area contributed by atoms with Crippen molar-refractivity contribution in [2.45, 2.75) is 12.4 Å². The number of halogens is 3. The molecule has 8 heteroatoms. The number of alkyl halides is 3. The number of nitrogens with zero attached hydrogens (tertiary/aromatic N) is 2. The van der Waals surface area contributed by atoms with Crippen molar-refractivity contribution in [3.63, 3.8) is 0 Å². The fourth-order valence-corrected chi connectivity index (χ4v) is 1.71. The summed E-state index contributed by atoms with van der Waals surface area (Å²) in [7, 11) is 1.67. The van der Waals surface area contributed by atoms with Crippen LogP contribution in [0, 0.1) is 0 Å². The van der Waals surface area contributed by atoms with Crippen LogP contribution in [0.15, 0.2) is 30.6 Å². The molecule has 0 aliphatic carbocycles. The van der Waals surface area contributed by atoms with Crippen LogP contribution < -0.4 is 10.1 Å². The normalized spacial score (nSPS) is 13.3. The standard InChI is InChI=1S/C11H11F3N4O/c1-15-9(10-16-6-17-18-10)7-3-2-4-8(5-7)19-11(12,13)14/h2-6,9,15H,1H3,(H,16,17,18). The number of rotatable bonds is 4. The fourth-order valence-electron chi connectivity index (χ4n) is 1.71. The second-order valence-electron chi connectivity index (χ2n) is 3.71. The molecule has 0 saturated carbocycles. The Balaban J connectivity index is 2.27. The number of H-pyrrole nitrogens is 1. The first-order chi connectivity index (χ1) is 8.99. The molecule has 1 atom stereocenters. The van der Waals surface area contributed by atoms with Crippen molar-refractivity contribution >= 4 is 0 Å². The van der Waals surface area contributed by atoms with E-state index in [2.05, 4.69) is 25.2 Å². The van der Waals surface area contributed by atoms with Gasteiger partial charge in [-0.3, -0.25) is 5.10 Å². The highest BCUT2D eigenvalue weighted by molar-refractivity contribution is 5.33. The van der Waals surface area contributed by atoms with E-state index in [9.17, 15) is 13.2 Å². The van der Waals surface area contributed by atoms with E-state index in [4.69, 9.17) is 0 Å². The Hall–Kier alpha value is -2.09. The highest BCUT2D eigenvalue weighted by Gasteiger charge is 2.31. The molecule has 0 aliphatic rings. The second-order valence-corrected chi connectivity index (χ2v) is 3.71. The first-order valence-electron chi connectivity index (χ1n) is 5.38. The fraction of sp³-hybridized carbons (Fsp3) is 0.273. The van der Waals surface area contributed by atoms with Crippen molar-refractivity contribution in [1.29, 1.82) is 0 Å². The van der Waals surface area contributed by atoms with Gasteiger partial charge in [0.15, 0.2) is 0 Å². The summed E-state index contributed by atoms with van der Waals surface area (Å²) in [6, 6.07) is 5.31. The van der Waals surface area contributed by atoms with Gasteiger partial charge >= 0.3 is 6.36 Å². The van der Waals surface area contributed by atoms with Gasteiger partial charge in [0.1, 0.15) is 17.9 Å². The Labute approximate surface area is 106 Å². The molecular formula is C11H11F3N4O. The molecule has 19 heavy (non-hydrogen) atoms. The molecule has 102 valence electrons. The molecule has 2 aromatic rings. The summed E-state index contributed by atoms with van der Waals surface area (Å²) in [5.74, 6) is 0.233. The summed E-state index contributed by atoms with van der Waals surface area (Å²) in [5, 5.41) is 9.32. The van der Waals surface area contributed by atoms with Gasteiger partial charge in [-0.05, 0) is 24.7 Å². The van der Waals surface area contributed by atoms with Gasteiger partial charge in [0.2, 0.25) is 0 Å². The quantitative estimate of drug-likeness (QED) is 0.893. The van der Waals surface area contributed by atoms with Crippen molar-refractivity contribution in [2.75, 3.05) is 7.05 Å². The van der Waals surface area contributed by atoms with E-state index < -0.39 is 6.36 Å². The van der Waals surface area contributed by atoms with Gasteiger partial charge in [-0.1, -0.05) is 12.1 Å². The molecular weight excluding hydrogens is 261 g/mol. The topological polar surface area (TPSA) is 62.8 Å². The molecule has 0 aliphatic heterocycles. The SMILES string of the molecule is CNC(c1cccc(OC(F)(F)F)c1)c1ncn[nH]1. The zero-order chi connectivity index (χ0) is 13.9. The maximum Gasteiger partial charge on any atom is 0.573 e. The van der Waals surface area contributed by atoms with Crippen LogP contribution in [0.5, 0.6) is 5.75 Å². The number of hydrogen-bond donors (Lipinski definition) is 2. The van der Waals surface area contributed by atoms with Crippen molar-refractivity contribution in [3.05, 3.63) is 42.0 Å². The molecule has 0 bridgehead atoms. The van der Waals surface area contributed by atoms with Crippen molar-refractivity contribution in [1.82, 2.24) is 20.5 Å². The molecule has 1 aromatic heterocycles. The highest BCUT2D eigenvalue weighted by atomic mass is 19.4. The third-order valence-electron chi connectivity index (χ3n) is 2.42. The summed E-state index contributed by atoms with van der Waals surface area (Å²) in [6.45, 7) is 0. The predicted molar refractivity (Wildman–Crippen MR) is 60.4 cm³/mol. The molecule has 0 fully saturated rings. The number of benzene rings is 1. The van der Waals surface area contributed by atoms with Crippen molar-refractivity contribution in [3.8, 4) is 5.75 Å². The second kappa shape index (κ2) is 5.27. The minimum Gasteiger partial charge on any atom is -0.406 e. The summed E-state index contributed by atoms with van der Waals surface area (Å²) < 4.78 is 40.4. The number of ether oxygens (including phenoxy) is 1. The van der Waals surface area contributed by atoms with Gasteiger partial charge in [0.25, 0.3) is 0 Å². The third-order valence-corrected chi connectivity index (χ3v) is 2.42. The molecule has 2 N–H and O–H groups in total. The monoisotopic (exact) mass is 272 g/mol. The van der Waals surface area contributed by atoms with E-state index in [0.717, 1.165) is 0 Å². The lowest BCUT2D eigenvalue weighted by molar-refractivity contribution is -0.274. The largest absolute Gasteiger partial charge is 0.573 e. The van der Waals surface area contributed by atoms with Gasteiger partial charge in [0.05, 0.1) is 6.04 Å². The van der Waals surface area contributed by atoms with Crippen LogP contribution in [0.25, 0.3) is 0 Å². The summed E-state index contributed by atoms with van der Waals surface area (Å²) in [4.78, 5) is 3.98. The lowest BCUT2D eigenvalue weighted by atomic mass is 10.1. The molecule has 5 nitrogen and oxygen atoms in total. The van der Waals surface area contributed by atoms with E-state index in [0.29, 0.717) is 11.4 Å². The average Bonchev–Trinajstić information content (AvgIpc) is 2.82. The summed E-state index contributed by atoms with van der Waals surface area (Å²) in [5.41, 5.74) is 0.584. The van der Waals surface area contributed by atoms with Crippen LogP contribution >= 0.6 is 0 Å². The van der Waals surface area contributed by atoms with Crippen LogP contribution in [-0.4, -0.2) is 28.6 Å². The Morgan fingerprint density at radius 2 is 2.16 bits per heavy atom. The Kier molecular flexibility index (Phi) is 3.70. The molecule has 1 heterocycles. The maximum absolute atomic E-state index is 12.2. The van der Waals surface area contributed by atoms with Crippen LogP contribution in [0.1, 0.15) is 17.4 Å². The van der Waals surface area contributed by atoms with E-state index in [1.54, 1.807) is 13.1 Å². The van der Waals surface area contributed by atoms with Crippen LogP contribution in [0.3, 0.4) is 0 Å².